The second-order valence-corrected chi connectivity index (χ2v) is 7.90. The molecule has 1 aliphatic heterocycles. The maximum atomic E-state index is 12.7. The van der Waals surface area contributed by atoms with E-state index in [-0.39, 0.29) is 5.91 Å². The van der Waals surface area contributed by atoms with Crippen molar-refractivity contribution >= 4 is 16.9 Å². The molecule has 0 spiro atoms. The standard InChI is InChI=1S/C25H31N3O4/c1-30-22-8-7-20(18-26-11-12-28-13-15-31-16-14-28)21-17-23(32-24(21)22)25(29)27-10-9-19-5-3-2-4-6-19/h2-8,17,26H,9-16,18H2,1H3,(H,27,29). The third-order valence-corrected chi connectivity index (χ3v) is 5.75. The Bertz CT molecular complexity index is 1010. The number of nitrogens with zero attached hydrogens (tertiary/aromatic N) is 1. The fourth-order valence-corrected chi connectivity index (χ4v) is 3.92. The molecule has 0 radical (unpaired) electrons. The van der Waals surface area contributed by atoms with Gasteiger partial charge < -0.3 is 24.5 Å². The van der Waals surface area contributed by atoms with Crippen molar-refractivity contribution in [2.24, 2.45) is 0 Å². The molecule has 3 aromatic rings. The first-order valence-electron chi connectivity index (χ1n) is 11.2. The number of ether oxygens (including phenoxy) is 2. The van der Waals surface area contributed by atoms with Crippen molar-refractivity contribution in [3.63, 3.8) is 0 Å². The summed E-state index contributed by atoms with van der Waals surface area (Å²) in [6.07, 6.45) is 0.772. The van der Waals surface area contributed by atoms with Gasteiger partial charge in [0.25, 0.3) is 5.91 Å². The molecule has 1 saturated heterocycles. The van der Waals surface area contributed by atoms with Gasteiger partial charge >= 0.3 is 0 Å². The van der Waals surface area contributed by atoms with Crippen LogP contribution in [0.1, 0.15) is 21.7 Å². The van der Waals surface area contributed by atoms with E-state index < -0.39 is 0 Å². The van der Waals surface area contributed by atoms with Gasteiger partial charge in [-0.25, -0.2) is 0 Å². The van der Waals surface area contributed by atoms with E-state index >= 15 is 0 Å². The molecule has 1 fully saturated rings. The Balaban J connectivity index is 1.37. The highest BCUT2D eigenvalue weighted by molar-refractivity contribution is 5.98. The molecule has 2 N–H and O–H groups in total. The molecule has 0 bridgehead atoms. The van der Waals surface area contributed by atoms with Crippen molar-refractivity contribution < 1.29 is 18.7 Å². The number of methoxy groups -OCH3 is 1. The van der Waals surface area contributed by atoms with Gasteiger partial charge in [0.1, 0.15) is 0 Å². The minimum Gasteiger partial charge on any atom is -0.493 e. The summed E-state index contributed by atoms with van der Waals surface area (Å²) in [5.74, 6) is 0.706. The summed E-state index contributed by atoms with van der Waals surface area (Å²) in [6, 6.07) is 15.8. The van der Waals surface area contributed by atoms with Gasteiger partial charge in [-0.15, -0.1) is 0 Å². The van der Waals surface area contributed by atoms with Crippen molar-refractivity contribution in [2.45, 2.75) is 13.0 Å². The number of nitrogens with one attached hydrogen (secondary N) is 2. The van der Waals surface area contributed by atoms with E-state index in [9.17, 15) is 4.79 Å². The van der Waals surface area contributed by atoms with Crippen LogP contribution in [0.4, 0.5) is 0 Å². The Labute approximate surface area is 188 Å². The fourth-order valence-electron chi connectivity index (χ4n) is 3.92. The summed E-state index contributed by atoms with van der Waals surface area (Å²) in [7, 11) is 1.61. The van der Waals surface area contributed by atoms with Crippen LogP contribution < -0.4 is 15.4 Å². The number of carbonyl (C=O) groups excluding carboxylic acids is 1. The lowest BCUT2D eigenvalue weighted by Gasteiger charge is -2.26. The molecule has 0 aliphatic carbocycles. The Kier molecular flexibility index (Phi) is 7.77. The Morgan fingerprint density at radius 1 is 1.09 bits per heavy atom. The number of rotatable bonds is 10. The zero-order chi connectivity index (χ0) is 22.2. The molecule has 0 unspecified atom stereocenters. The molecule has 2 heterocycles. The largest absolute Gasteiger partial charge is 0.493 e. The van der Waals surface area contributed by atoms with E-state index in [4.69, 9.17) is 13.9 Å². The normalized spacial score (nSPS) is 14.5. The molecular weight excluding hydrogens is 406 g/mol. The van der Waals surface area contributed by atoms with Gasteiger partial charge in [0.2, 0.25) is 0 Å². The monoisotopic (exact) mass is 437 g/mol. The van der Waals surface area contributed by atoms with Crippen LogP contribution in [0.5, 0.6) is 5.75 Å². The third kappa shape index (κ3) is 5.68. The Hall–Kier alpha value is -2.87. The summed E-state index contributed by atoms with van der Waals surface area (Å²) in [6.45, 7) is 6.71. The van der Waals surface area contributed by atoms with E-state index in [0.717, 1.165) is 56.8 Å². The van der Waals surface area contributed by atoms with Crippen molar-refractivity contribution in [2.75, 3.05) is 53.0 Å². The maximum Gasteiger partial charge on any atom is 0.287 e. The van der Waals surface area contributed by atoms with Gasteiger partial charge in [-0.2, -0.15) is 0 Å². The van der Waals surface area contributed by atoms with Crippen molar-refractivity contribution in [1.29, 1.82) is 0 Å². The van der Waals surface area contributed by atoms with Crippen LogP contribution >= 0.6 is 0 Å². The highest BCUT2D eigenvalue weighted by Crippen LogP contribution is 2.31. The third-order valence-electron chi connectivity index (χ3n) is 5.75. The summed E-state index contributed by atoms with van der Waals surface area (Å²) in [5, 5.41) is 7.35. The van der Waals surface area contributed by atoms with Crippen LogP contribution in [0.3, 0.4) is 0 Å². The van der Waals surface area contributed by atoms with E-state index in [0.29, 0.717) is 30.2 Å². The van der Waals surface area contributed by atoms with Gasteiger partial charge in [0, 0.05) is 44.7 Å². The van der Waals surface area contributed by atoms with Crippen LogP contribution in [0.25, 0.3) is 11.0 Å². The minimum absolute atomic E-state index is 0.217. The quantitative estimate of drug-likeness (QED) is 0.475. The number of morpholine rings is 1. The van der Waals surface area contributed by atoms with Gasteiger partial charge in [-0.05, 0) is 29.7 Å². The topological polar surface area (TPSA) is 76.0 Å². The van der Waals surface area contributed by atoms with E-state index in [1.54, 1.807) is 7.11 Å². The number of fused-ring (bicyclic) bond motifs is 1. The first-order valence-corrected chi connectivity index (χ1v) is 11.2. The van der Waals surface area contributed by atoms with Gasteiger partial charge in [-0.1, -0.05) is 36.4 Å². The second kappa shape index (κ2) is 11.1. The zero-order valence-corrected chi connectivity index (χ0v) is 18.6. The number of carbonyl (C=O) groups is 1. The van der Waals surface area contributed by atoms with E-state index in [1.165, 1.54) is 5.56 Å². The predicted molar refractivity (Wildman–Crippen MR) is 124 cm³/mol. The fraction of sp³-hybridized carbons (Fsp3) is 0.400. The smallest absolute Gasteiger partial charge is 0.287 e. The Morgan fingerprint density at radius 2 is 1.91 bits per heavy atom. The molecule has 1 aromatic heterocycles. The lowest BCUT2D eigenvalue weighted by Crippen LogP contribution is -2.40. The van der Waals surface area contributed by atoms with Crippen molar-refractivity contribution in [1.82, 2.24) is 15.5 Å². The van der Waals surface area contributed by atoms with Crippen molar-refractivity contribution in [3.05, 3.63) is 65.4 Å². The summed E-state index contributed by atoms with van der Waals surface area (Å²) in [4.78, 5) is 15.1. The number of furan rings is 1. The summed E-state index contributed by atoms with van der Waals surface area (Å²) < 4.78 is 16.8. The van der Waals surface area contributed by atoms with Crippen molar-refractivity contribution in [3.8, 4) is 5.75 Å². The molecule has 0 saturated carbocycles. The number of amides is 1. The second-order valence-electron chi connectivity index (χ2n) is 7.90. The molecule has 4 rings (SSSR count). The zero-order valence-electron chi connectivity index (χ0n) is 18.6. The lowest BCUT2D eigenvalue weighted by molar-refractivity contribution is 0.0384. The first kappa shape index (κ1) is 22.3. The molecule has 0 atom stereocenters. The molecule has 2 aromatic carbocycles. The van der Waals surface area contributed by atoms with Gasteiger partial charge in [-0.3, -0.25) is 9.69 Å². The van der Waals surface area contributed by atoms with Crippen LogP contribution in [-0.4, -0.2) is 63.9 Å². The molecular formula is C25H31N3O4. The highest BCUT2D eigenvalue weighted by Gasteiger charge is 2.17. The minimum atomic E-state index is -0.217. The van der Waals surface area contributed by atoms with Gasteiger partial charge in [0.15, 0.2) is 17.1 Å². The predicted octanol–water partition coefficient (Wildman–Crippen LogP) is 2.84. The van der Waals surface area contributed by atoms with Crippen LogP contribution in [-0.2, 0) is 17.7 Å². The number of hydrogen-bond donors (Lipinski definition) is 2. The summed E-state index contributed by atoms with van der Waals surface area (Å²) in [5.41, 5.74) is 2.87. The van der Waals surface area contributed by atoms with Crippen LogP contribution in [0.2, 0.25) is 0 Å². The van der Waals surface area contributed by atoms with E-state index in [2.05, 4.69) is 27.7 Å². The average Bonchev–Trinajstić information content (AvgIpc) is 3.29. The molecule has 7 nitrogen and oxygen atoms in total. The summed E-state index contributed by atoms with van der Waals surface area (Å²) >= 11 is 0. The Morgan fingerprint density at radius 3 is 2.69 bits per heavy atom. The van der Waals surface area contributed by atoms with E-state index in [1.807, 2.05) is 36.4 Å². The lowest BCUT2D eigenvalue weighted by atomic mass is 10.1. The highest BCUT2D eigenvalue weighted by atomic mass is 16.5. The van der Waals surface area contributed by atoms with Crippen LogP contribution in [0, 0.1) is 0 Å². The maximum absolute atomic E-state index is 12.7. The van der Waals surface area contributed by atoms with Crippen LogP contribution in [0.15, 0.2) is 52.9 Å². The average molecular weight is 438 g/mol. The molecule has 7 heteroatoms. The molecule has 1 aliphatic rings. The number of benzene rings is 2. The molecule has 1 amide bonds. The SMILES string of the molecule is COc1ccc(CNCCN2CCOCC2)c2cc(C(=O)NCCc3ccccc3)oc12. The molecule has 32 heavy (non-hydrogen) atoms. The number of hydrogen-bond acceptors (Lipinski definition) is 6. The van der Waals surface area contributed by atoms with Gasteiger partial charge in [0.05, 0.1) is 20.3 Å². The first-order chi connectivity index (χ1) is 15.7. The molecule has 170 valence electrons.